The van der Waals surface area contributed by atoms with Gasteiger partial charge in [0, 0.05) is 33.7 Å². The maximum absolute atomic E-state index is 13.2. The van der Waals surface area contributed by atoms with E-state index in [4.69, 9.17) is 11.6 Å². The first-order valence-corrected chi connectivity index (χ1v) is 13.0. The van der Waals surface area contributed by atoms with Crippen molar-refractivity contribution < 1.29 is 4.79 Å². The fourth-order valence-corrected chi connectivity index (χ4v) is 5.26. The maximum Gasteiger partial charge on any atom is 0.251 e. The van der Waals surface area contributed by atoms with Gasteiger partial charge in [-0.05, 0) is 79.3 Å². The lowest BCUT2D eigenvalue weighted by Crippen LogP contribution is -2.26. The number of carbonyl (C=O) groups is 1. The predicted molar refractivity (Wildman–Crippen MR) is 154 cm³/mol. The monoisotopic (exact) mass is 506 g/mol. The van der Waals surface area contributed by atoms with Crippen molar-refractivity contribution in [2.45, 2.75) is 40.3 Å². The maximum atomic E-state index is 13.2. The molecule has 37 heavy (non-hydrogen) atoms. The number of nitrogens with zero attached hydrogens (tertiary/aromatic N) is 1. The number of amides is 1. The normalized spacial score (nSPS) is 12.0. The molecule has 0 spiro atoms. The lowest BCUT2D eigenvalue weighted by molar-refractivity contribution is 0.0940. The lowest BCUT2D eigenvalue weighted by Gasteiger charge is -2.17. The van der Waals surface area contributed by atoms with Gasteiger partial charge in [-0.25, -0.2) is 0 Å². The number of rotatable bonds is 6. The van der Waals surface area contributed by atoms with Crippen LogP contribution in [0.4, 0.5) is 0 Å². The van der Waals surface area contributed by atoms with Crippen LogP contribution in [0.2, 0.25) is 5.02 Å². The number of hydrogen-bond donors (Lipinski definition) is 1. The summed E-state index contributed by atoms with van der Waals surface area (Å²) in [5.41, 5.74) is 9.79. The first kappa shape index (κ1) is 24.9. The Balaban J connectivity index is 1.38. The van der Waals surface area contributed by atoms with Crippen LogP contribution in [-0.4, -0.2) is 10.5 Å². The van der Waals surface area contributed by atoms with Gasteiger partial charge in [-0.3, -0.25) is 4.79 Å². The number of fused-ring (bicyclic) bond motifs is 1. The fraction of sp³-hybridized carbons (Fsp3) is 0.182. The average molecular weight is 507 g/mol. The standard InChI is InChI=1S/C33H31ClN2O/c1-21-9-8-12-29(32(21)34)23(3)35-33(37)28-17-18-31-30(19-28)22(2)24(4)36(31)20-25-13-15-27(16-14-25)26-10-6-5-7-11-26/h5-19,23H,20H2,1-4H3,(H,35,37)/t23-/m0/s1. The van der Waals surface area contributed by atoms with E-state index in [1.165, 1.54) is 27.9 Å². The topological polar surface area (TPSA) is 34.0 Å². The number of nitrogens with one attached hydrogen (secondary N) is 1. The van der Waals surface area contributed by atoms with Crippen molar-refractivity contribution in [1.82, 2.24) is 9.88 Å². The third-order valence-corrected chi connectivity index (χ3v) is 7.85. The largest absolute Gasteiger partial charge is 0.345 e. The van der Waals surface area contributed by atoms with E-state index in [2.05, 4.69) is 78.3 Å². The molecular formula is C33H31ClN2O. The molecule has 1 heterocycles. The zero-order valence-electron chi connectivity index (χ0n) is 21.7. The van der Waals surface area contributed by atoms with E-state index in [-0.39, 0.29) is 11.9 Å². The molecule has 0 saturated heterocycles. The van der Waals surface area contributed by atoms with Gasteiger partial charge in [-0.2, -0.15) is 0 Å². The van der Waals surface area contributed by atoms with E-state index >= 15 is 0 Å². The van der Waals surface area contributed by atoms with Crippen LogP contribution in [0.1, 0.15) is 51.3 Å². The number of halogens is 1. The van der Waals surface area contributed by atoms with E-state index in [9.17, 15) is 4.79 Å². The summed E-state index contributed by atoms with van der Waals surface area (Å²) < 4.78 is 2.33. The minimum absolute atomic E-state index is 0.103. The van der Waals surface area contributed by atoms with E-state index < -0.39 is 0 Å². The van der Waals surface area contributed by atoms with Crippen LogP contribution < -0.4 is 5.32 Å². The third-order valence-electron chi connectivity index (χ3n) is 7.34. The van der Waals surface area contributed by atoms with Gasteiger partial charge < -0.3 is 9.88 Å². The Bertz CT molecular complexity index is 1580. The molecule has 0 unspecified atom stereocenters. The highest BCUT2D eigenvalue weighted by molar-refractivity contribution is 6.32. The Morgan fingerprint density at radius 1 is 0.865 bits per heavy atom. The molecule has 1 atom stereocenters. The van der Waals surface area contributed by atoms with Crippen LogP contribution in [0.25, 0.3) is 22.0 Å². The van der Waals surface area contributed by atoms with Crippen molar-refractivity contribution in [3.05, 3.63) is 130 Å². The molecule has 1 amide bonds. The zero-order chi connectivity index (χ0) is 26.1. The van der Waals surface area contributed by atoms with Crippen LogP contribution in [0, 0.1) is 20.8 Å². The Morgan fingerprint density at radius 2 is 1.57 bits per heavy atom. The summed E-state index contributed by atoms with van der Waals surface area (Å²) in [5.74, 6) is -0.103. The lowest BCUT2D eigenvalue weighted by atomic mass is 10.0. The number of aromatic nitrogens is 1. The van der Waals surface area contributed by atoms with Gasteiger partial charge in [0.2, 0.25) is 0 Å². The molecule has 4 heteroatoms. The van der Waals surface area contributed by atoms with Crippen molar-refractivity contribution in [3.63, 3.8) is 0 Å². The molecule has 0 aliphatic rings. The SMILES string of the molecule is Cc1cccc([C@H](C)NC(=O)c2ccc3c(c2)c(C)c(C)n3Cc2ccc(-c3ccccc3)cc2)c1Cl. The van der Waals surface area contributed by atoms with Gasteiger partial charge in [0.25, 0.3) is 5.91 Å². The second-order valence-corrected chi connectivity index (χ2v) is 10.1. The Labute approximate surface area is 223 Å². The van der Waals surface area contributed by atoms with Crippen molar-refractivity contribution in [3.8, 4) is 11.1 Å². The Morgan fingerprint density at radius 3 is 2.30 bits per heavy atom. The van der Waals surface area contributed by atoms with E-state index in [0.29, 0.717) is 10.6 Å². The van der Waals surface area contributed by atoms with Crippen LogP contribution in [0.3, 0.4) is 0 Å². The first-order chi connectivity index (χ1) is 17.8. The number of benzene rings is 4. The van der Waals surface area contributed by atoms with Gasteiger partial charge in [0.15, 0.2) is 0 Å². The molecule has 4 aromatic carbocycles. The van der Waals surface area contributed by atoms with Crippen LogP contribution >= 0.6 is 11.6 Å². The summed E-state index contributed by atoms with van der Waals surface area (Å²) in [6.45, 7) is 8.99. The number of aryl methyl sites for hydroxylation is 2. The van der Waals surface area contributed by atoms with Crippen molar-refractivity contribution in [1.29, 1.82) is 0 Å². The highest BCUT2D eigenvalue weighted by Gasteiger charge is 2.17. The summed E-state index contributed by atoms with van der Waals surface area (Å²) >= 11 is 6.49. The van der Waals surface area contributed by atoms with Crippen molar-refractivity contribution in [2.24, 2.45) is 0 Å². The van der Waals surface area contributed by atoms with Crippen LogP contribution in [-0.2, 0) is 6.54 Å². The molecule has 0 aliphatic carbocycles. The molecule has 5 rings (SSSR count). The first-order valence-electron chi connectivity index (χ1n) is 12.6. The second-order valence-electron chi connectivity index (χ2n) is 9.76. The van der Waals surface area contributed by atoms with Gasteiger partial charge in [-0.1, -0.05) is 84.4 Å². The fourth-order valence-electron chi connectivity index (χ4n) is 4.97. The molecular weight excluding hydrogens is 476 g/mol. The van der Waals surface area contributed by atoms with Crippen LogP contribution in [0.15, 0.2) is 91.0 Å². The molecule has 0 aliphatic heterocycles. The van der Waals surface area contributed by atoms with Crippen molar-refractivity contribution >= 4 is 28.4 Å². The van der Waals surface area contributed by atoms with Crippen molar-refractivity contribution in [2.75, 3.05) is 0 Å². The highest BCUT2D eigenvalue weighted by atomic mass is 35.5. The van der Waals surface area contributed by atoms with Gasteiger partial charge in [0.05, 0.1) is 6.04 Å². The summed E-state index contributed by atoms with van der Waals surface area (Å²) in [7, 11) is 0. The number of carbonyl (C=O) groups excluding carboxylic acids is 1. The average Bonchev–Trinajstić information content (AvgIpc) is 3.15. The molecule has 0 radical (unpaired) electrons. The summed E-state index contributed by atoms with van der Waals surface area (Å²) in [6.07, 6.45) is 0. The molecule has 0 fully saturated rings. The molecule has 5 aromatic rings. The van der Waals surface area contributed by atoms with E-state index in [1.807, 2.05) is 50.2 Å². The minimum atomic E-state index is -0.193. The quantitative estimate of drug-likeness (QED) is 0.246. The minimum Gasteiger partial charge on any atom is -0.345 e. The van der Waals surface area contributed by atoms with E-state index in [1.54, 1.807) is 0 Å². The second kappa shape index (κ2) is 10.3. The van der Waals surface area contributed by atoms with Gasteiger partial charge in [0.1, 0.15) is 0 Å². The molecule has 3 nitrogen and oxygen atoms in total. The zero-order valence-corrected chi connectivity index (χ0v) is 22.4. The smallest absolute Gasteiger partial charge is 0.251 e. The number of hydrogen-bond acceptors (Lipinski definition) is 1. The summed E-state index contributed by atoms with van der Waals surface area (Å²) in [6, 6.07) is 30.9. The summed E-state index contributed by atoms with van der Waals surface area (Å²) in [4.78, 5) is 13.2. The third kappa shape index (κ3) is 4.92. The Kier molecular flexibility index (Phi) is 6.90. The molecule has 0 saturated carbocycles. The van der Waals surface area contributed by atoms with Gasteiger partial charge in [-0.15, -0.1) is 0 Å². The molecule has 0 bridgehead atoms. The van der Waals surface area contributed by atoms with Crippen LogP contribution in [0.5, 0.6) is 0 Å². The molecule has 1 N–H and O–H groups in total. The molecule has 186 valence electrons. The summed E-state index contributed by atoms with van der Waals surface area (Å²) in [5, 5.41) is 4.92. The predicted octanol–water partition coefficient (Wildman–Crippen LogP) is 8.43. The highest BCUT2D eigenvalue weighted by Crippen LogP contribution is 2.29. The van der Waals surface area contributed by atoms with E-state index in [0.717, 1.165) is 28.6 Å². The molecule has 1 aromatic heterocycles. The Hall–Kier alpha value is -3.82. The van der Waals surface area contributed by atoms with Gasteiger partial charge >= 0.3 is 0 Å².